The Hall–Kier alpha value is 0.607. The molecule has 24 heavy (non-hydrogen) atoms. The third-order valence-electron chi connectivity index (χ3n) is 5.81. The molecule has 0 radical (unpaired) electrons. The van der Waals surface area contributed by atoms with E-state index in [9.17, 15) is 5.11 Å². The van der Waals surface area contributed by atoms with Crippen molar-refractivity contribution in [3.05, 3.63) is 9.66 Å². The predicted octanol–water partition coefficient (Wildman–Crippen LogP) is 6.83. The van der Waals surface area contributed by atoms with Gasteiger partial charge >= 0.3 is 0 Å². The van der Waals surface area contributed by atoms with Gasteiger partial charge in [-0.2, -0.15) is 0 Å². The van der Waals surface area contributed by atoms with E-state index in [-0.39, 0.29) is 11.1 Å². The Labute approximate surface area is 165 Å². The summed E-state index contributed by atoms with van der Waals surface area (Å²) in [5.74, 6) is 0.490. The van der Waals surface area contributed by atoms with Crippen LogP contribution in [-0.4, -0.2) is 25.6 Å². The molecule has 0 bridgehead atoms. The monoisotopic (exact) mass is 466 g/mol. The number of aliphatic hydroxyl groups excluding tert-OH is 1. The highest BCUT2D eigenvalue weighted by Gasteiger charge is 2.38. The number of hydrogen-bond donors (Lipinski definition) is 1. The van der Waals surface area contributed by atoms with Gasteiger partial charge in [0.05, 0.1) is 6.10 Å². The molecule has 1 aliphatic rings. The lowest BCUT2D eigenvalue weighted by Crippen LogP contribution is -2.43. The SMILES string of the molecule is C[C@@H](CCC/C(I)=C/[C@@H](O)C1CCCCC1)O[Si](C)(C)C(C)(C)C. The largest absolute Gasteiger partial charge is 0.414 e. The Kier molecular flexibility index (Phi) is 9.51. The molecule has 0 aromatic rings. The zero-order valence-electron chi connectivity index (χ0n) is 16.7. The van der Waals surface area contributed by atoms with Gasteiger partial charge < -0.3 is 9.53 Å². The highest BCUT2D eigenvalue weighted by molar-refractivity contribution is 14.1. The van der Waals surface area contributed by atoms with E-state index in [1.54, 1.807) is 0 Å². The van der Waals surface area contributed by atoms with Crippen LogP contribution in [-0.2, 0) is 4.43 Å². The Morgan fingerprint density at radius 2 is 1.83 bits per heavy atom. The molecule has 0 aromatic heterocycles. The molecule has 0 heterocycles. The van der Waals surface area contributed by atoms with Gasteiger partial charge in [0.15, 0.2) is 8.32 Å². The lowest BCUT2D eigenvalue weighted by molar-refractivity contribution is 0.125. The molecule has 142 valence electrons. The molecule has 1 N–H and O–H groups in total. The van der Waals surface area contributed by atoms with Crippen LogP contribution in [0.5, 0.6) is 0 Å². The molecule has 2 nitrogen and oxygen atoms in total. The standard InChI is InChI=1S/C20H39IO2Si/c1-16(23-24(5,6)20(2,3)4)11-10-14-18(21)15-19(22)17-12-8-7-9-13-17/h15-17,19,22H,7-14H2,1-6H3/b18-15-/t16-,19+/m0/s1. The Bertz CT molecular complexity index is 395. The number of halogens is 1. The predicted molar refractivity (Wildman–Crippen MR) is 116 cm³/mol. The number of aliphatic hydroxyl groups is 1. The first-order valence-corrected chi connectivity index (χ1v) is 13.7. The molecule has 1 saturated carbocycles. The molecule has 1 rings (SSSR count). The molecule has 0 aromatic carbocycles. The van der Waals surface area contributed by atoms with Gasteiger partial charge in [-0.1, -0.05) is 40.0 Å². The molecule has 1 aliphatic carbocycles. The van der Waals surface area contributed by atoms with E-state index in [1.807, 2.05) is 0 Å². The average Bonchev–Trinajstić information content (AvgIpc) is 2.46. The van der Waals surface area contributed by atoms with Gasteiger partial charge in [0.2, 0.25) is 0 Å². The van der Waals surface area contributed by atoms with Crippen molar-refractivity contribution in [3.8, 4) is 0 Å². The van der Waals surface area contributed by atoms with E-state index in [0.717, 1.165) is 19.3 Å². The van der Waals surface area contributed by atoms with Crippen LogP contribution in [0, 0.1) is 5.92 Å². The molecule has 4 heteroatoms. The first-order chi connectivity index (χ1) is 11.0. The van der Waals surface area contributed by atoms with Crippen molar-refractivity contribution in [1.82, 2.24) is 0 Å². The molecule has 0 aliphatic heterocycles. The van der Waals surface area contributed by atoms with Gasteiger partial charge in [-0.05, 0) is 95.3 Å². The third kappa shape index (κ3) is 7.88. The maximum Gasteiger partial charge on any atom is 0.192 e. The van der Waals surface area contributed by atoms with Crippen molar-refractivity contribution in [2.45, 2.75) is 109 Å². The van der Waals surface area contributed by atoms with Crippen LogP contribution >= 0.6 is 22.6 Å². The van der Waals surface area contributed by atoms with Gasteiger partial charge in [0.1, 0.15) is 0 Å². The van der Waals surface area contributed by atoms with Crippen LogP contribution in [0.25, 0.3) is 0 Å². The van der Waals surface area contributed by atoms with E-state index in [0.29, 0.717) is 12.0 Å². The molecule has 2 atom stereocenters. The summed E-state index contributed by atoms with van der Waals surface area (Å²) in [6, 6.07) is 0. The van der Waals surface area contributed by atoms with Crippen LogP contribution in [0.15, 0.2) is 9.66 Å². The van der Waals surface area contributed by atoms with Crippen LogP contribution in [0.2, 0.25) is 18.1 Å². The first-order valence-electron chi connectivity index (χ1n) is 9.75. The normalized spacial score (nSPS) is 20.9. The summed E-state index contributed by atoms with van der Waals surface area (Å²) < 4.78 is 7.74. The molecular weight excluding hydrogens is 427 g/mol. The minimum atomic E-state index is -1.65. The fraction of sp³-hybridized carbons (Fsp3) is 0.900. The summed E-state index contributed by atoms with van der Waals surface area (Å²) in [6.45, 7) is 13.8. The second kappa shape index (κ2) is 10.1. The van der Waals surface area contributed by atoms with Gasteiger partial charge in [0, 0.05) is 6.10 Å². The van der Waals surface area contributed by atoms with E-state index >= 15 is 0 Å². The van der Waals surface area contributed by atoms with Gasteiger partial charge in [0.25, 0.3) is 0 Å². The van der Waals surface area contributed by atoms with Crippen molar-refractivity contribution in [1.29, 1.82) is 0 Å². The van der Waals surface area contributed by atoms with Crippen molar-refractivity contribution < 1.29 is 9.53 Å². The van der Waals surface area contributed by atoms with Gasteiger partial charge in [-0.3, -0.25) is 0 Å². The smallest absolute Gasteiger partial charge is 0.192 e. The zero-order valence-corrected chi connectivity index (χ0v) is 19.9. The highest BCUT2D eigenvalue weighted by Crippen LogP contribution is 2.37. The molecule has 0 saturated heterocycles. The summed E-state index contributed by atoms with van der Waals surface area (Å²) in [6.07, 6.45) is 11.8. The van der Waals surface area contributed by atoms with E-state index in [1.165, 1.54) is 35.7 Å². The maximum atomic E-state index is 10.4. The Balaban J connectivity index is 2.33. The average molecular weight is 467 g/mol. The van der Waals surface area contributed by atoms with E-state index in [2.05, 4.69) is 69.5 Å². The molecular formula is C20H39IO2Si. The van der Waals surface area contributed by atoms with Crippen LogP contribution < -0.4 is 0 Å². The minimum absolute atomic E-state index is 0.238. The summed E-state index contributed by atoms with van der Waals surface area (Å²) in [5.41, 5.74) is 0. The Morgan fingerprint density at radius 3 is 2.38 bits per heavy atom. The second-order valence-electron chi connectivity index (χ2n) is 9.08. The number of hydrogen-bond acceptors (Lipinski definition) is 2. The molecule has 0 unspecified atom stereocenters. The van der Waals surface area contributed by atoms with Crippen molar-refractivity contribution in [3.63, 3.8) is 0 Å². The highest BCUT2D eigenvalue weighted by atomic mass is 127. The van der Waals surface area contributed by atoms with E-state index in [4.69, 9.17) is 4.43 Å². The molecule has 1 fully saturated rings. The lowest BCUT2D eigenvalue weighted by Gasteiger charge is -2.38. The topological polar surface area (TPSA) is 29.5 Å². The molecule has 0 amide bonds. The van der Waals surface area contributed by atoms with Gasteiger partial charge in [-0.25, -0.2) is 0 Å². The second-order valence-corrected chi connectivity index (χ2v) is 15.2. The summed E-state index contributed by atoms with van der Waals surface area (Å²) in [7, 11) is -1.65. The zero-order chi connectivity index (χ0) is 18.4. The van der Waals surface area contributed by atoms with E-state index < -0.39 is 8.32 Å². The Morgan fingerprint density at radius 1 is 1.25 bits per heavy atom. The summed E-state index contributed by atoms with van der Waals surface area (Å²) >= 11 is 2.41. The number of allylic oxidation sites excluding steroid dienone is 1. The van der Waals surface area contributed by atoms with Crippen molar-refractivity contribution >= 4 is 30.9 Å². The van der Waals surface area contributed by atoms with Crippen LogP contribution in [0.4, 0.5) is 0 Å². The summed E-state index contributed by atoms with van der Waals surface area (Å²) in [5, 5.41) is 10.7. The van der Waals surface area contributed by atoms with Crippen LogP contribution in [0.3, 0.4) is 0 Å². The molecule has 0 spiro atoms. The summed E-state index contributed by atoms with van der Waals surface area (Å²) in [4.78, 5) is 0. The quantitative estimate of drug-likeness (QED) is 0.314. The fourth-order valence-corrected chi connectivity index (χ4v) is 5.40. The number of rotatable bonds is 8. The van der Waals surface area contributed by atoms with Crippen molar-refractivity contribution in [2.24, 2.45) is 5.92 Å². The van der Waals surface area contributed by atoms with Crippen LogP contribution in [0.1, 0.15) is 79.1 Å². The maximum absolute atomic E-state index is 10.4. The minimum Gasteiger partial charge on any atom is -0.414 e. The van der Waals surface area contributed by atoms with Gasteiger partial charge in [-0.15, -0.1) is 0 Å². The third-order valence-corrected chi connectivity index (χ3v) is 11.3. The van der Waals surface area contributed by atoms with Crippen molar-refractivity contribution in [2.75, 3.05) is 0 Å². The fourth-order valence-electron chi connectivity index (χ4n) is 3.18. The first kappa shape index (κ1) is 22.6. The lowest BCUT2D eigenvalue weighted by atomic mass is 9.85.